The molecule has 1 fully saturated rings. The minimum absolute atomic E-state index is 0.0566. The zero-order chi connectivity index (χ0) is 16.2. The Labute approximate surface area is 134 Å². The average molecular weight is 325 g/mol. The van der Waals surface area contributed by atoms with Crippen LogP contribution in [0.4, 0.5) is 5.69 Å². The largest absolute Gasteiger partial charge is 0.370 e. The number of rotatable bonds is 6. The lowest BCUT2D eigenvalue weighted by molar-refractivity contribution is 0.317. The summed E-state index contributed by atoms with van der Waals surface area (Å²) in [6.07, 6.45) is 1.95. The van der Waals surface area contributed by atoms with Crippen LogP contribution in [-0.2, 0) is 10.0 Å². The Morgan fingerprint density at radius 2 is 1.86 bits per heavy atom. The molecule has 1 aromatic carbocycles. The lowest BCUT2D eigenvalue weighted by Crippen LogP contribution is -2.49. The summed E-state index contributed by atoms with van der Waals surface area (Å²) in [4.78, 5) is 4.19. The van der Waals surface area contributed by atoms with Gasteiger partial charge in [0.15, 0.2) is 0 Å². The van der Waals surface area contributed by atoms with Crippen LogP contribution in [0.5, 0.6) is 0 Å². The predicted molar refractivity (Wildman–Crippen MR) is 91.8 cm³/mol. The molecular formula is C16H27N3O2S. The van der Waals surface area contributed by atoms with Crippen LogP contribution in [0.2, 0.25) is 0 Å². The summed E-state index contributed by atoms with van der Waals surface area (Å²) in [5.41, 5.74) is 1.17. The van der Waals surface area contributed by atoms with Gasteiger partial charge >= 0.3 is 0 Å². The third kappa shape index (κ3) is 4.44. The highest BCUT2D eigenvalue weighted by atomic mass is 32.2. The second-order valence-corrected chi connectivity index (χ2v) is 8.36. The molecule has 124 valence electrons. The van der Waals surface area contributed by atoms with Crippen molar-refractivity contribution in [3.05, 3.63) is 30.3 Å². The molecule has 0 N–H and O–H groups in total. The molecule has 0 aliphatic carbocycles. The Kier molecular flexibility index (Phi) is 5.83. The van der Waals surface area contributed by atoms with E-state index in [-0.39, 0.29) is 11.8 Å². The van der Waals surface area contributed by atoms with Crippen LogP contribution in [0.1, 0.15) is 12.8 Å². The summed E-state index contributed by atoms with van der Waals surface area (Å²) in [5, 5.41) is 0. The van der Waals surface area contributed by atoms with E-state index in [1.807, 2.05) is 37.2 Å². The van der Waals surface area contributed by atoms with Crippen LogP contribution in [0.15, 0.2) is 30.3 Å². The summed E-state index contributed by atoms with van der Waals surface area (Å²) < 4.78 is 26.5. The lowest BCUT2D eigenvalue weighted by atomic mass is 10.1. The minimum atomic E-state index is -3.20. The van der Waals surface area contributed by atoms with E-state index in [1.165, 1.54) is 5.69 Å². The van der Waals surface area contributed by atoms with Gasteiger partial charge in [-0.15, -0.1) is 0 Å². The van der Waals surface area contributed by atoms with Crippen LogP contribution >= 0.6 is 0 Å². The monoisotopic (exact) mass is 325 g/mol. The summed E-state index contributed by atoms with van der Waals surface area (Å²) in [7, 11) is 2.32. The molecule has 6 heteroatoms. The van der Waals surface area contributed by atoms with Crippen molar-refractivity contribution in [1.82, 2.24) is 9.21 Å². The molecule has 1 aliphatic rings. The van der Waals surface area contributed by atoms with Crippen LogP contribution in [0.3, 0.4) is 0 Å². The fourth-order valence-electron chi connectivity index (χ4n) is 2.79. The Morgan fingerprint density at radius 1 is 1.18 bits per heavy atom. The maximum atomic E-state index is 12.5. The fraction of sp³-hybridized carbons (Fsp3) is 0.625. The van der Waals surface area contributed by atoms with Crippen molar-refractivity contribution >= 4 is 15.7 Å². The highest BCUT2D eigenvalue weighted by Crippen LogP contribution is 2.23. The van der Waals surface area contributed by atoms with Gasteiger partial charge < -0.3 is 9.80 Å². The third-order valence-corrected chi connectivity index (χ3v) is 6.14. The van der Waals surface area contributed by atoms with Gasteiger partial charge in [-0.25, -0.2) is 12.7 Å². The maximum absolute atomic E-state index is 12.5. The average Bonchev–Trinajstić information content (AvgIpc) is 2.53. The molecule has 0 amide bonds. The van der Waals surface area contributed by atoms with E-state index in [4.69, 9.17) is 0 Å². The molecular weight excluding hydrogens is 298 g/mol. The van der Waals surface area contributed by atoms with E-state index in [2.05, 4.69) is 17.0 Å². The Bertz CT molecular complexity index is 560. The van der Waals surface area contributed by atoms with Crippen molar-refractivity contribution in [1.29, 1.82) is 0 Å². The molecule has 1 aliphatic heterocycles. The van der Waals surface area contributed by atoms with Gasteiger partial charge in [0.05, 0.1) is 5.75 Å². The molecule has 1 saturated heterocycles. The number of para-hydroxylation sites is 1. The number of likely N-dealkylation sites (N-methyl/N-ethyl adjacent to an activating group) is 1. The number of piperidine rings is 1. The molecule has 0 unspecified atom stereocenters. The zero-order valence-electron chi connectivity index (χ0n) is 13.8. The molecule has 0 bridgehead atoms. The molecule has 2 rings (SSSR count). The molecule has 1 aromatic rings. The van der Waals surface area contributed by atoms with Crippen molar-refractivity contribution in [2.24, 2.45) is 0 Å². The summed E-state index contributed by atoms with van der Waals surface area (Å²) in [6, 6.07) is 10.3. The van der Waals surface area contributed by atoms with Gasteiger partial charge in [-0.05, 0) is 39.1 Å². The SMILES string of the molecule is CN(C)CCS(=O)(=O)N(C)[C@@H]1CCCN(c2ccccc2)C1. The number of benzene rings is 1. The van der Waals surface area contributed by atoms with Gasteiger partial charge in [0, 0.05) is 38.4 Å². The predicted octanol–water partition coefficient (Wildman–Crippen LogP) is 1.48. The maximum Gasteiger partial charge on any atom is 0.215 e. The Hall–Kier alpha value is -1.11. The van der Waals surface area contributed by atoms with Gasteiger partial charge in [0.2, 0.25) is 10.0 Å². The third-order valence-electron chi connectivity index (χ3n) is 4.27. The molecule has 1 atom stereocenters. The molecule has 0 saturated carbocycles. The fourth-order valence-corrected chi connectivity index (χ4v) is 4.30. The van der Waals surface area contributed by atoms with Crippen molar-refractivity contribution in [3.8, 4) is 0 Å². The highest BCUT2D eigenvalue weighted by Gasteiger charge is 2.30. The van der Waals surface area contributed by atoms with Gasteiger partial charge in [-0.2, -0.15) is 0 Å². The lowest BCUT2D eigenvalue weighted by Gasteiger charge is -2.38. The van der Waals surface area contributed by atoms with Crippen LogP contribution in [0.25, 0.3) is 0 Å². The first-order chi connectivity index (χ1) is 10.4. The summed E-state index contributed by atoms with van der Waals surface area (Å²) in [5.74, 6) is 0.179. The standard InChI is InChI=1S/C16H27N3O2S/c1-17(2)12-13-22(20,21)18(3)16-10-7-11-19(14-16)15-8-5-4-6-9-15/h4-6,8-9,16H,7,10-14H2,1-3H3/t16-/m1/s1. The molecule has 22 heavy (non-hydrogen) atoms. The molecule has 0 aromatic heterocycles. The van der Waals surface area contributed by atoms with Gasteiger partial charge in [0.25, 0.3) is 0 Å². The number of anilines is 1. The second kappa shape index (κ2) is 7.44. The van der Waals surface area contributed by atoms with Gasteiger partial charge in [0.1, 0.15) is 0 Å². The van der Waals surface area contributed by atoms with E-state index in [1.54, 1.807) is 11.4 Å². The van der Waals surface area contributed by atoms with E-state index in [0.29, 0.717) is 6.54 Å². The van der Waals surface area contributed by atoms with Crippen LogP contribution in [-0.4, -0.2) is 70.2 Å². The van der Waals surface area contributed by atoms with E-state index >= 15 is 0 Å². The number of hydrogen-bond acceptors (Lipinski definition) is 4. The van der Waals surface area contributed by atoms with Crippen molar-refractivity contribution in [2.45, 2.75) is 18.9 Å². The summed E-state index contributed by atoms with van der Waals surface area (Å²) >= 11 is 0. The number of nitrogens with zero attached hydrogens (tertiary/aromatic N) is 3. The van der Waals surface area contributed by atoms with Gasteiger partial charge in [-0.3, -0.25) is 0 Å². The first kappa shape index (κ1) is 17.2. The first-order valence-corrected chi connectivity index (χ1v) is 9.41. The Balaban J connectivity index is 2.02. The highest BCUT2D eigenvalue weighted by molar-refractivity contribution is 7.89. The zero-order valence-corrected chi connectivity index (χ0v) is 14.6. The topological polar surface area (TPSA) is 43.9 Å². The normalized spacial score (nSPS) is 19.9. The van der Waals surface area contributed by atoms with E-state index < -0.39 is 10.0 Å². The van der Waals surface area contributed by atoms with E-state index in [0.717, 1.165) is 25.9 Å². The minimum Gasteiger partial charge on any atom is -0.370 e. The second-order valence-electron chi connectivity index (χ2n) is 6.21. The summed E-state index contributed by atoms with van der Waals surface area (Å²) in [6.45, 7) is 2.32. The first-order valence-electron chi connectivity index (χ1n) is 7.80. The quantitative estimate of drug-likeness (QED) is 0.795. The van der Waals surface area contributed by atoms with Crippen molar-refractivity contribution in [3.63, 3.8) is 0 Å². The number of hydrogen-bond donors (Lipinski definition) is 0. The van der Waals surface area contributed by atoms with Crippen molar-refractivity contribution < 1.29 is 8.42 Å². The molecule has 0 radical (unpaired) electrons. The molecule has 0 spiro atoms. The van der Waals surface area contributed by atoms with Crippen LogP contribution in [0, 0.1) is 0 Å². The molecule has 1 heterocycles. The Morgan fingerprint density at radius 3 is 2.50 bits per heavy atom. The smallest absolute Gasteiger partial charge is 0.215 e. The van der Waals surface area contributed by atoms with Gasteiger partial charge in [-0.1, -0.05) is 18.2 Å². The van der Waals surface area contributed by atoms with E-state index in [9.17, 15) is 8.42 Å². The molecule has 5 nitrogen and oxygen atoms in total. The van der Waals surface area contributed by atoms with Crippen LogP contribution < -0.4 is 4.90 Å². The van der Waals surface area contributed by atoms with Crippen molar-refractivity contribution in [2.75, 3.05) is 51.4 Å². The number of sulfonamides is 1.